The maximum Gasteiger partial charge on any atom is 0.296 e. The van der Waals surface area contributed by atoms with Gasteiger partial charge in [-0.3, -0.25) is 14.6 Å². The van der Waals surface area contributed by atoms with Gasteiger partial charge in [0.1, 0.15) is 5.03 Å². The normalized spacial score (nSPS) is 13.3. The summed E-state index contributed by atoms with van der Waals surface area (Å²) >= 11 is 7.43. The number of hydrogen-bond donors (Lipinski definition) is 1. The molecule has 1 aromatic carbocycles. The van der Waals surface area contributed by atoms with Crippen molar-refractivity contribution in [2.24, 2.45) is 0 Å². The molecule has 0 atom stereocenters. The maximum absolute atomic E-state index is 11.5. The van der Waals surface area contributed by atoms with E-state index in [2.05, 4.69) is 15.3 Å². The fourth-order valence-corrected chi connectivity index (χ4v) is 2.74. The van der Waals surface area contributed by atoms with Gasteiger partial charge in [0.2, 0.25) is 0 Å². The monoisotopic (exact) mass is 291 g/mol. The molecule has 94 valence electrons. The van der Waals surface area contributed by atoms with E-state index >= 15 is 0 Å². The first-order valence-corrected chi connectivity index (χ1v) is 6.47. The number of nitrogens with one attached hydrogen (secondary N) is 1. The van der Waals surface area contributed by atoms with Gasteiger partial charge in [-0.2, -0.15) is 0 Å². The highest BCUT2D eigenvalue weighted by Crippen LogP contribution is 2.37. The average Bonchev–Trinajstić information content (AvgIpc) is 2.67. The highest BCUT2D eigenvalue weighted by atomic mass is 35.5. The first-order valence-electron chi connectivity index (χ1n) is 5.28. The van der Waals surface area contributed by atoms with E-state index in [1.807, 2.05) is 0 Å². The summed E-state index contributed by atoms with van der Waals surface area (Å²) in [5.41, 5.74) is 0.782. The fourth-order valence-electron chi connectivity index (χ4n) is 1.68. The smallest absolute Gasteiger partial charge is 0.296 e. The predicted octanol–water partition coefficient (Wildman–Crippen LogP) is 2.42. The van der Waals surface area contributed by atoms with Crippen LogP contribution in [0.3, 0.4) is 0 Å². The lowest BCUT2D eigenvalue weighted by molar-refractivity contribution is -0.112. The Balaban J connectivity index is 1.99. The first kappa shape index (κ1) is 12.1. The number of aromatic nitrogens is 2. The number of Topliss-reactive ketones (excluding diaryl/α,β-unsaturated/α-hetero) is 1. The minimum Gasteiger partial charge on any atom is -0.318 e. The summed E-state index contributed by atoms with van der Waals surface area (Å²) in [6.45, 7) is 0. The summed E-state index contributed by atoms with van der Waals surface area (Å²) in [6.07, 6.45) is 4.76. The Morgan fingerprint density at radius 1 is 1.21 bits per heavy atom. The number of halogens is 1. The van der Waals surface area contributed by atoms with Gasteiger partial charge in [0.25, 0.3) is 11.7 Å². The molecule has 0 bridgehead atoms. The summed E-state index contributed by atoms with van der Waals surface area (Å²) in [6, 6.07) is 3.16. The van der Waals surface area contributed by atoms with Crippen LogP contribution in [0.5, 0.6) is 0 Å². The molecule has 0 saturated carbocycles. The Morgan fingerprint density at radius 2 is 2.05 bits per heavy atom. The number of fused-ring (bicyclic) bond motifs is 1. The summed E-state index contributed by atoms with van der Waals surface area (Å²) < 4.78 is 0. The van der Waals surface area contributed by atoms with Gasteiger partial charge in [0.05, 0.1) is 22.5 Å². The Kier molecular flexibility index (Phi) is 2.96. The van der Waals surface area contributed by atoms with Crippen molar-refractivity contribution in [3.05, 3.63) is 41.3 Å². The zero-order valence-electron chi connectivity index (χ0n) is 9.38. The summed E-state index contributed by atoms with van der Waals surface area (Å²) in [4.78, 5) is 31.6. The number of ketones is 1. The zero-order valence-corrected chi connectivity index (χ0v) is 11.0. The predicted molar refractivity (Wildman–Crippen MR) is 70.6 cm³/mol. The molecule has 1 aromatic heterocycles. The van der Waals surface area contributed by atoms with E-state index in [0.29, 0.717) is 26.2 Å². The number of carbonyl (C=O) groups excluding carboxylic acids is 2. The van der Waals surface area contributed by atoms with Crippen LogP contribution < -0.4 is 5.32 Å². The van der Waals surface area contributed by atoms with Crippen molar-refractivity contribution in [1.29, 1.82) is 0 Å². The van der Waals surface area contributed by atoms with Crippen LogP contribution in [0.25, 0.3) is 0 Å². The lowest BCUT2D eigenvalue weighted by Crippen LogP contribution is -2.12. The average molecular weight is 292 g/mol. The van der Waals surface area contributed by atoms with E-state index in [1.165, 1.54) is 17.8 Å². The SMILES string of the molecule is O=C1Nc2cc(Sc3cnccn3)c(Cl)cc2C1=O. The van der Waals surface area contributed by atoms with Crippen molar-refractivity contribution in [3.8, 4) is 0 Å². The van der Waals surface area contributed by atoms with E-state index in [1.54, 1.807) is 24.7 Å². The largest absolute Gasteiger partial charge is 0.318 e. The van der Waals surface area contributed by atoms with Crippen molar-refractivity contribution < 1.29 is 9.59 Å². The van der Waals surface area contributed by atoms with Gasteiger partial charge in [-0.15, -0.1) is 0 Å². The van der Waals surface area contributed by atoms with Gasteiger partial charge in [0, 0.05) is 17.3 Å². The first-order chi connectivity index (χ1) is 9.15. The molecule has 0 spiro atoms. The van der Waals surface area contributed by atoms with E-state index in [4.69, 9.17) is 11.6 Å². The molecular formula is C12H6ClN3O2S. The third-order valence-corrected chi connectivity index (χ3v) is 3.93. The highest BCUT2D eigenvalue weighted by Gasteiger charge is 2.29. The third-order valence-electron chi connectivity index (χ3n) is 2.53. The minimum absolute atomic E-state index is 0.304. The van der Waals surface area contributed by atoms with Crippen LogP contribution in [0.2, 0.25) is 5.02 Å². The fraction of sp³-hybridized carbons (Fsp3) is 0. The zero-order chi connectivity index (χ0) is 13.4. The van der Waals surface area contributed by atoms with Gasteiger partial charge >= 0.3 is 0 Å². The molecule has 7 heteroatoms. The summed E-state index contributed by atoms with van der Waals surface area (Å²) in [5, 5.41) is 3.59. The minimum atomic E-state index is -0.632. The molecule has 0 saturated heterocycles. The van der Waals surface area contributed by atoms with Gasteiger partial charge in [0.15, 0.2) is 0 Å². The van der Waals surface area contributed by atoms with Crippen LogP contribution in [-0.2, 0) is 4.79 Å². The highest BCUT2D eigenvalue weighted by molar-refractivity contribution is 7.99. The molecule has 0 aliphatic carbocycles. The number of benzene rings is 1. The van der Waals surface area contributed by atoms with Crippen molar-refractivity contribution in [3.63, 3.8) is 0 Å². The molecule has 1 N–H and O–H groups in total. The lowest BCUT2D eigenvalue weighted by Gasteiger charge is -2.05. The van der Waals surface area contributed by atoms with Crippen molar-refractivity contribution in [2.75, 3.05) is 5.32 Å². The standard InChI is InChI=1S/C12H6ClN3O2S/c13-7-3-6-8(16-12(18)11(6)17)4-9(7)19-10-5-14-1-2-15-10/h1-5H,(H,16,17,18). The van der Waals surface area contributed by atoms with Gasteiger partial charge < -0.3 is 5.32 Å². The molecule has 1 aliphatic rings. The quantitative estimate of drug-likeness (QED) is 0.860. The van der Waals surface area contributed by atoms with Crippen molar-refractivity contribution in [1.82, 2.24) is 9.97 Å². The van der Waals surface area contributed by atoms with E-state index in [0.717, 1.165) is 0 Å². The number of hydrogen-bond acceptors (Lipinski definition) is 5. The molecule has 0 radical (unpaired) electrons. The maximum atomic E-state index is 11.5. The van der Waals surface area contributed by atoms with Gasteiger partial charge in [-0.05, 0) is 12.1 Å². The molecule has 0 fully saturated rings. The van der Waals surface area contributed by atoms with Gasteiger partial charge in [-0.25, -0.2) is 4.98 Å². The Labute approximate surface area is 117 Å². The molecule has 19 heavy (non-hydrogen) atoms. The second-order valence-electron chi connectivity index (χ2n) is 3.76. The molecule has 1 amide bonds. The van der Waals surface area contributed by atoms with Crippen molar-refractivity contribution >= 4 is 40.7 Å². The Hall–Kier alpha value is -1.92. The summed E-state index contributed by atoms with van der Waals surface area (Å²) in [5.74, 6) is -1.19. The summed E-state index contributed by atoms with van der Waals surface area (Å²) in [7, 11) is 0. The van der Waals surface area contributed by atoms with Crippen LogP contribution in [0, 0.1) is 0 Å². The molecule has 0 unspecified atom stereocenters. The number of rotatable bonds is 2. The molecule has 1 aliphatic heterocycles. The number of nitrogens with zero attached hydrogens (tertiary/aromatic N) is 2. The van der Waals surface area contributed by atoms with Gasteiger partial charge in [-0.1, -0.05) is 23.4 Å². The third kappa shape index (κ3) is 2.20. The molecule has 2 heterocycles. The molecule has 2 aromatic rings. The van der Waals surface area contributed by atoms with Crippen LogP contribution in [0.4, 0.5) is 5.69 Å². The lowest BCUT2D eigenvalue weighted by atomic mass is 10.1. The van der Waals surface area contributed by atoms with Crippen LogP contribution in [-0.4, -0.2) is 21.7 Å². The van der Waals surface area contributed by atoms with E-state index < -0.39 is 11.7 Å². The van der Waals surface area contributed by atoms with Crippen LogP contribution in [0.1, 0.15) is 10.4 Å². The molecule has 3 rings (SSSR count). The van der Waals surface area contributed by atoms with E-state index in [-0.39, 0.29) is 0 Å². The Morgan fingerprint density at radius 3 is 2.79 bits per heavy atom. The topological polar surface area (TPSA) is 72.0 Å². The number of carbonyl (C=O) groups is 2. The van der Waals surface area contributed by atoms with Crippen LogP contribution >= 0.6 is 23.4 Å². The van der Waals surface area contributed by atoms with Crippen molar-refractivity contribution in [2.45, 2.75) is 9.92 Å². The molecular weight excluding hydrogens is 286 g/mol. The molecule has 5 nitrogen and oxygen atoms in total. The second-order valence-corrected chi connectivity index (χ2v) is 5.23. The van der Waals surface area contributed by atoms with Crippen LogP contribution in [0.15, 0.2) is 40.6 Å². The van der Waals surface area contributed by atoms with E-state index in [9.17, 15) is 9.59 Å². The number of anilines is 1. The second kappa shape index (κ2) is 4.64. The number of amides is 1. The Bertz CT molecular complexity index is 691.